The summed E-state index contributed by atoms with van der Waals surface area (Å²) in [5, 5.41) is 6.38. The summed E-state index contributed by atoms with van der Waals surface area (Å²) in [7, 11) is -1.04. The number of hydrazone groups is 1. The van der Waals surface area contributed by atoms with Crippen LogP contribution in [0.15, 0.2) is 58.5 Å². The highest BCUT2D eigenvalue weighted by Gasteiger charge is 2.22. The number of carbonyl (C=O) groups is 2. The van der Waals surface area contributed by atoms with Gasteiger partial charge in [0.1, 0.15) is 5.75 Å². The topological polar surface area (TPSA) is 117 Å². The predicted octanol–water partition coefficient (Wildman–Crippen LogP) is 1.42. The molecule has 0 aliphatic carbocycles. The van der Waals surface area contributed by atoms with Crippen LogP contribution in [0.2, 0.25) is 0 Å². The Labute approximate surface area is 169 Å². The number of hydrogen-bond donors (Lipinski definition) is 2. The van der Waals surface area contributed by atoms with Gasteiger partial charge in [-0.2, -0.15) is 9.41 Å². The summed E-state index contributed by atoms with van der Waals surface area (Å²) in [6.45, 7) is 0.944. The van der Waals surface area contributed by atoms with Crippen LogP contribution in [0.1, 0.15) is 12.5 Å². The highest BCUT2D eigenvalue weighted by molar-refractivity contribution is 7.89. The van der Waals surface area contributed by atoms with Crippen LogP contribution in [0.5, 0.6) is 5.75 Å². The molecule has 0 bridgehead atoms. The number of nitrogens with one attached hydrogen (secondary N) is 2. The molecule has 0 aromatic heterocycles. The first-order valence-electron chi connectivity index (χ1n) is 8.52. The summed E-state index contributed by atoms with van der Waals surface area (Å²) >= 11 is 0. The zero-order valence-corrected chi connectivity index (χ0v) is 17.1. The number of sulfonamides is 1. The molecule has 0 saturated heterocycles. The molecule has 2 rings (SSSR count). The summed E-state index contributed by atoms with van der Waals surface area (Å²) in [4.78, 5) is 23.1. The third-order valence-electron chi connectivity index (χ3n) is 3.75. The molecule has 10 heteroatoms. The van der Waals surface area contributed by atoms with Gasteiger partial charge in [0, 0.05) is 19.7 Å². The predicted molar refractivity (Wildman–Crippen MR) is 109 cm³/mol. The molecule has 2 aromatic rings. The van der Waals surface area contributed by atoms with Crippen molar-refractivity contribution < 1.29 is 22.7 Å². The van der Waals surface area contributed by atoms with E-state index in [1.165, 1.54) is 44.5 Å². The summed E-state index contributed by atoms with van der Waals surface area (Å²) in [5.74, 6) is -0.204. The van der Waals surface area contributed by atoms with Gasteiger partial charge in [-0.25, -0.2) is 13.8 Å². The first kappa shape index (κ1) is 22.1. The van der Waals surface area contributed by atoms with E-state index in [1.807, 2.05) is 0 Å². The van der Waals surface area contributed by atoms with E-state index in [4.69, 9.17) is 4.74 Å². The third-order valence-corrected chi connectivity index (χ3v) is 5.56. The van der Waals surface area contributed by atoms with Gasteiger partial charge in [0.05, 0.1) is 24.8 Å². The molecule has 0 unspecified atom stereocenters. The number of ether oxygens (including phenoxy) is 1. The molecule has 0 saturated carbocycles. The van der Waals surface area contributed by atoms with Gasteiger partial charge in [0.25, 0.3) is 5.91 Å². The normalized spacial score (nSPS) is 11.4. The van der Waals surface area contributed by atoms with Crippen molar-refractivity contribution >= 4 is 33.7 Å². The SMILES string of the molecule is COc1cccc(/C=N\NC(=O)CN(C)S(=O)(=O)c2ccc(NC(C)=O)cc2)c1. The number of nitrogens with zero attached hydrogens (tertiary/aromatic N) is 2. The lowest BCUT2D eigenvalue weighted by Crippen LogP contribution is -2.36. The summed E-state index contributed by atoms with van der Waals surface area (Å²) in [6, 6.07) is 12.7. The van der Waals surface area contributed by atoms with E-state index in [2.05, 4.69) is 15.8 Å². The number of amides is 2. The standard InChI is InChI=1S/C19H22N4O5S/c1-14(24)21-16-7-9-18(10-8-16)29(26,27)23(2)13-19(25)22-20-12-15-5-4-6-17(11-15)28-3/h4-12H,13H2,1-3H3,(H,21,24)(H,22,25)/b20-12-. The quantitative estimate of drug-likeness (QED) is 0.497. The zero-order valence-electron chi connectivity index (χ0n) is 16.2. The average molecular weight is 418 g/mol. The summed E-state index contributed by atoms with van der Waals surface area (Å²) in [6.07, 6.45) is 1.43. The Balaban J connectivity index is 1.96. The van der Waals surface area contributed by atoms with Gasteiger partial charge in [-0.3, -0.25) is 9.59 Å². The van der Waals surface area contributed by atoms with Gasteiger partial charge in [0.2, 0.25) is 15.9 Å². The highest BCUT2D eigenvalue weighted by atomic mass is 32.2. The Bertz CT molecular complexity index is 1000. The molecule has 29 heavy (non-hydrogen) atoms. The van der Waals surface area contributed by atoms with E-state index in [9.17, 15) is 18.0 Å². The molecule has 2 amide bonds. The van der Waals surface area contributed by atoms with Crippen LogP contribution in [0.3, 0.4) is 0 Å². The van der Waals surface area contributed by atoms with Crippen LogP contribution in [0.25, 0.3) is 0 Å². The maximum atomic E-state index is 12.6. The first-order chi connectivity index (χ1) is 13.7. The van der Waals surface area contributed by atoms with Crippen molar-refractivity contribution in [2.75, 3.05) is 26.0 Å². The monoisotopic (exact) mass is 418 g/mol. The van der Waals surface area contributed by atoms with Crippen molar-refractivity contribution in [2.24, 2.45) is 5.10 Å². The van der Waals surface area contributed by atoms with Crippen LogP contribution in [-0.4, -0.2) is 51.5 Å². The molecular formula is C19H22N4O5S. The van der Waals surface area contributed by atoms with E-state index < -0.39 is 22.5 Å². The smallest absolute Gasteiger partial charge is 0.255 e. The Kier molecular flexibility index (Phi) is 7.46. The van der Waals surface area contributed by atoms with Crippen molar-refractivity contribution in [2.45, 2.75) is 11.8 Å². The lowest BCUT2D eigenvalue weighted by molar-refractivity contribution is -0.121. The van der Waals surface area contributed by atoms with E-state index >= 15 is 0 Å². The van der Waals surface area contributed by atoms with Crippen molar-refractivity contribution in [3.05, 3.63) is 54.1 Å². The Morgan fingerprint density at radius 2 is 1.86 bits per heavy atom. The first-order valence-corrected chi connectivity index (χ1v) is 9.96. The fourth-order valence-electron chi connectivity index (χ4n) is 2.32. The molecule has 0 fully saturated rings. The van der Waals surface area contributed by atoms with Crippen molar-refractivity contribution in [1.29, 1.82) is 0 Å². The molecule has 2 aromatic carbocycles. The van der Waals surface area contributed by atoms with Crippen molar-refractivity contribution in [3.63, 3.8) is 0 Å². The van der Waals surface area contributed by atoms with Gasteiger partial charge in [0.15, 0.2) is 0 Å². The van der Waals surface area contributed by atoms with Crippen LogP contribution >= 0.6 is 0 Å². The minimum Gasteiger partial charge on any atom is -0.497 e. The fraction of sp³-hybridized carbons (Fsp3) is 0.211. The third kappa shape index (κ3) is 6.40. The minimum absolute atomic E-state index is 0.00165. The summed E-state index contributed by atoms with van der Waals surface area (Å²) < 4.78 is 31.2. The molecule has 9 nitrogen and oxygen atoms in total. The average Bonchev–Trinajstić information content (AvgIpc) is 2.68. The lowest BCUT2D eigenvalue weighted by Gasteiger charge is -2.16. The largest absolute Gasteiger partial charge is 0.497 e. The van der Waals surface area contributed by atoms with E-state index in [0.717, 1.165) is 4.31 Å². The maximum absolute atomic E-state index is 12.6. The Hall–Kier alpha value is -3.24. The minimum atomic E-state index is -3.87. The Morgan fingerprint density at radius 1 is 1.17 bits per heavy atom. The highest BCUT2D eigenvalue weighted by Crippen LogP contribution is 2.17. The number of benzene rings is 2. The van der Waals surface area contributed by atoms with Crippen LogP contribution in [0, 0.1) is 0 Å². The number of methoxy groups -OCH3 is 1. The van der Waals surface area contributed by atoms with Crippen LogP contribution in [-0.2, 0) is 19.6 Å². The molecule has 0 heterocycles. The summed E-state index contributed by atoms with van der Waals surface area (Å²) in [5.41, 5.74) is 3.48. The van der Waals surface area contributed by atoms with Gasteiger partial charge in [-0.05, 0) is 42.0 Å². The fourth-order valence-corrected chi connectivity index (χ4v) is 3.44. The van der Waals surface area contributed by atoms with Crippen LogP contribution in [0.4, 0.5) is 5.69 Å². The second kappa shape index (κ2) is 9.80. The van der Waals surface area contributed by atoms with Crippen LogP contribution < -0.4 is 15.5 Å². The van der Waals surface area contributed by atoms with E-state index in [-0.39, 0.29) is 10.8 Å². The van der Waals surface area contributed by atoms with E-state index in [0.29, 0.717) is 17.0 Å². The zero-order chi connectivity index (χ0) is 21.4. The molecular weight excluding hydrogens is 396 g/mol. The molecule has 0 aliphatic heterocycles. The Morgan fingerprint density at radius 3 is 2.48 bits per heavy atom. The molecule has 0 radical (unpaired) electrons. The molecule has 2 N–H and O–H groups in total. The van der Waals surface area contributed by atoms with Gasteiger partial charge in [-0.15, -0.1) is 0 Å². The van der Waals surface area contributed by atoms with Gasteiger partial charge < -0.3 is 10.1 Å². The van der Waals surface area contributed by atoms with E-state index in [1.54, 1.807) is 31.4 Å². The van der Waals surface area contributed by atoms with Crippen molar-refractivity contribution in [3.8, 4) is 5.75 Å². The number of rotatable bonds is 8. The number of anilines is 1. The van der Waals surface area contributed by atoms with Crippen molar-refractivity contribution in [1.82, 2.24) is 9.73 Å². The number of hydrogen-bond acceptors (Lipinski definition) is 6. The molecule has 0 aliphatic rings. The lowest BCUT2D eigenvalue weighted by atomic mass is 10.2. The van der Waals surface area contributed by atoms with Gasteiger partial charge >= 0.3 is 0 Å². The number of carbonyl (C=O) groups excluding carboxylic acids is 2. The molecule has 154 valence electrons. The molecule has 0 spiro atoms. The second-order valence-corrected chi connectivity index (χ2v) is 8.08. The maximum Gasteiger partial charge on any atom is 0.255 e. The molecule has 0 atom stereocenters. The number of likely N-dealkylation sites (N-methyl/N-ethyl adjacent to an activating group) is 1. The van der Waals surface area contributed by atoms with Gasteiger partial charge in [-0.1, -0.05) is 12.1 Å². The second-order valence-electron chi connectivity index (χ2n) is 6.04.